The molecule has 0 amide bonds. The van der Waals surface area contributed by atoms with Crippen molar-refractivity contribution in [3.63, 3.8) is 0 Å². The summed E-state index contributed by atoms with van der Waals surface area (Å²) in [6, 6.07) is 5.43. The van der Waals surface area contributed by atoms with Crippen molar-refractivity contribution in [3.05, 3.63) is 59.2 Å². The Hall–Kier alpha value is -1.88. The number of aryl methyl sites for hydroxylation is 1. The lowest BCUT2D eigenvalue weighted by atomic mass is 10.0. The van der Waals surface area contributed by atoms with Gasteiger partial charge in [-0.05, 0) is 38.1 Å². The number of rotatable bonds is 5. The van der Waals surface area contributed by atoms with Crippen molar-refractivity contribution < 1.29 is 8.78 Å². The van der Waals surface area contributed by atoms with Gasteiger partial charge in [-0.25, -0.2) is 18.7 Å². The van der Waals surface area contributed by atoms with E-state index in [2.05, 4.69) is 15.3 Å². The lowest BCUT2D eigenvalue weighted by molar-refractivity contribution is 0.491. The van der Waals surface area contributed by atoms with Crippen LogP contribution in [0.4, 0.5) is 8.78 Å². The van der Waals surface area contributed by atoms with Crippen molar-refractivity contribution in [1.82, 2.24) is 15.3 Å². The number of halogens is 2. The molecule has 0 aliphatic carbocycles. The van der Waals surface area contributed by atoms with E-state index in [9.17, 15) is 8.78 Å². The highest BCUT2D eigenvalue weighted by Gasteiger charge is 2.18. The Labute approximate surface area is 117 Å². The Morgan fingerprint density at radius 2 is 1.90 bits per heavy atom. The molecule has 0 aliphatic rings. The molecule has 2 rings (SSSR count). The van der Waals surface area contributed by atoms with Gasteiger partial charge < -0.3 is 5.32 Å². The maximum absolute atomic E-state index is 13.7. The van der Waals surface area contributed by atoms with Crippen LogP contribution in [0.5, 0.6) is 0 Å². The first-order chi connectivity index (χ1) is 9.61. The molecule has 0 saturated carbocycles. The van der Waals surface area contributed by atoms with E-state index in [1.54, 1.807) is 19.2 Å². The summed E-state index contributed by atoms with van der Waals surface area (Å²) in [7, 11) is 0. The van der Waals surface area contributed by atoms with Gasteiger partial charge in [0.15, 0.2) is 0 Å². The fourth-order valence-corrected chi connectivity index (χ4v) is 2.13. The Kier molecular flexibility index (Phi) is 4.74. The van der Waals surface area contributed by atoms with Crippen LogP contribution in [0, 0.1) is 18.6 Å². The van der Waals surface area contributed by atoms with Crippen LogP contribution in [0.15, 0.2) is 30.5 Å². The van der Waals surface area contributed by atoms with Crippen LogP contribution < -0.4 is 5.32 Å². The predicted molar refractivity (Wildman–Crippen MR) is 73.2 cm³/mol. The van der Waals surface area contributed by atoms with E-state index in [1.807, 2.05) is 6.92 Å². The van der Waals surface area contributed by atoms with Crippen LogP contribution in [0.2, 0.25) is 0 Å². The highest BCUT2D eigenvalue weighted by atomic mass is 19.1. The normalized spacial score (nSPS) is 12.4. The summed E-state index contributed by atoms with van der Waals surface area (Å²) in [6.07, 6.45) is 1.86. The summed E-state index contributed by atoms with van der Waals surface area (Å²) in [5, 5.41) is 3.21. The van der Waals surface area contributed by atoms with Crippen LogP contribution in [0.3, 0.4) is 0 Å². The SMILES string of the molecule is CCNC(Cc1c(F)cccc1F)c1ccnc(C)n1. The second-order valence-corrected chi connectivity index (χ2v) is 4.54. The number of nitrogens with zero attached hydrogens (tertiary/aromatic N) is 2. The molecule has 1 unspecified atom stereocenters. The summed E-state index contributed by atoms with van der Waals surface area (Å²) in [5.74, 6) is -0.420. The van der Waals surface area contributed by atoms with Gasteiger partial charge in [-0.3, -0.25) is 0 Å². The van der Waals surface area contributed by atoms with Crippen LogP contribution >= 0.6 is 0 Å². The zero-order chi connectivity index (χ0) is 14.5. The second kappa shape index (κ2) is 6.52. The van der Waals surface area contributed by atoms with Crippen molar-refractivity contribution >= 4 is 0 Å². The van der Waals surface area contributed by atoms with Crippen LogP contribution in [-0.2, 0) is 6.42 Å². The van der Waals surface area contributed by atoms with E-state index in [-0.39, 0.29) is 18.0 Å². The lowest BCUT2D eigenvalue weighted by Crippen LogP contribution is -2.25. The van der Waals surface area contributed by atoms with E-state index < -0.39 is 11.6 Å². The molecular weight excluding hydrogens is 260 g/mol. The number of hydrogen-bond acceptors (Lipinski definition) is 3. The number of aromatic nitrogens is 2. The largest absolute Gasteiger partial charge is 0.309 e. The van der Waals surface area contributed by atoms with Gasteiger partial charge in [0.25, 0.3) is 0 Å². The zero-order valence-corrected chi connectivity index (χ0v) is 11.5. The molecule has 1 aromatic heterocycles. The lowest BCUT2D eigenvalue weighted by Gasteiger charge is -2.18. The number of hydrogen-bond donors (Lipinski definition) is 1. The molecule has 0 fully saturated rings. The van der Waals surface area contributed by atoms with Crippen LogP contribution in [0.25, 0.3) is 0 Å². The van der Waals surface area contributed by atoms with Gasteiger partial charge >= 0.3 is 0 Å². The quantitative estimate of drug-likeness (QED) is 0.913. The van der Waals surface area contributed by atoms with E-state index in [0.717, 1.165) is 5.69 Å². The standard InChI is InChI=1S/C15H17F2N3/c1-3-18-15(14-7-8-19-10(2)20-14)9-11-12(16)5-4-6-13(11)17/h4-8,15,18H,3,9H2,1-2H3. The molecule has 0 aliphatic heterocycles. The minimum absolute atomic E-state index is 0.0784. The van der Waals surface area contributed by atoms with Gasteiger partial charge in [0, 0.05) is 11.8 Å². The van der Waals surface area contributed by atoms with Gasteiger partial charge in [-0.1, -0.05) is 13.0 Å². The Balaban J connectivity index is 2.30. The maximum Gasteiger partial charge on any atom is 0.129 e. The highest BCUT2D eigenvalue weighted by Crippen LogP contribution is 2.21. The van der Waals surface area contributed by atoms with Gasteiger partial charge in [0.1, 0.15) is 17.5 Å². The first-order valence-electron chi connectivity index (χ1n) is 6.57. The van der Waals surface area contributed by atoms with Crippen LogP contribution in [0.1, 0.15) is 30.0 Å². The third-order valence-electron chi connectivity index (χ3n) is 3.08. The zero-order valence-electron chi connectivity index (χ0n) is 11.5. The third-order valence-corrected chi connectivity index (χ3v) is 3.08. The monoisotopic (exact) mass is 277 g/mol. The minimum atomic E-state index is -0.529. The van der Waals surface area contributed by atoms with E-state index in [4.69, 9.17) is 0 Å². The van der Waals surface area contributed by atoms with Gasteiger partial charge in [-0.2, -0.15) is 0 Å². The molecule has 5 heteroatoms. The molecule has 0 saturated heterocycles. The van der Waals surface area contributed by atoms with Crippen molar-refractivity contribution in [3.8, 4) is 0 Å². The smallest absolute Gasteiger partial charge is 0.129 e. The Bertz CT molecular complexity index is 567. The summed E-state index contributed by atoms with van der Waals surface area (Å²) in [6.45, 7) is 4.42. The maximum atomic E-state index is 13.7. The fourth-order valence-electron chi connectivity index (χ4n) is 2.13. The fraction of sp³-hybridized carbons (Fsp3) is 0.333. The molecule has 3 nitrogen and oxygen atoms in total. The Morgan fingerprint density at radius 1 is 1.20 bits per heavy atom. The van der Waals surface area contributed by atoms with Gasteiger partial charge in [-0.15, -0.1) is 0 Å². The molecule has 20 heavy (non-hydrogen) atoms. The average Bonchev–Trinajstić information content (AvgIpc) is 2.42. The van der Waals surface area contributed by atoms with Gasteiger partial charge in [0.2, 0.25) is 0 Å². The van der Waals surface area contributed by atoms with Crippen LogP contribution in [-0.4, -0.2) is 16.5 Å². The predicted octanol–water partition coefficient (Wildman–Crippen LogP) is 2.96. The first-order valence-corrected chi connectivity index (χ1v) is 6.57. The summed E-state index contributed by atoms with van der Waals surface area (Å²) in [5.41, 5.74) is 0.816. The number of benzene rings is 1. The summed E-state index contributed by atoms with van der Waals surface area (Å²) >= 11 is 0. The molecule has 0 bridgehead atoms. The van der Waals surface area contributed by atoms with E-state index >= 15 is 0 Å². The van der Waals surface area contributed by atoms with E-state index in [0.29, 0.717) is 12.4 Å². The molecule has 1 aromatic carbocycles. The molecular formula is C15H17F2N3. The highest BCUT2D eigenvalue weighted by molar-refractivity contribution is 5.23. The van der Waals surface area contributed by atoms with Crippen molar-refractivity contribution in [1.29, 1.82) is 0 Å². The van der Waals surface area contributed by atoms with E-state index in [1.165, 1.54) is 18.2 Å². The molecule has 106 valence electrons. The molecule has 1 atom stereocenters. The minimum Gasteiger partial charge on any atom is -0.309 e. The Morgan fingerprint density at radius 3 is 2.50 bits per heavy atom. The molecule has 1 N–H and O–H groups in total. The molecule has 2 aromatic rings. The summed E-state index contributed by atoms with van der Waals surface area (Å²) < 4.78 is 27.5. The third kappa shape index (κ3) is 3.36. The topological polar surface area (TPSA) is 37.8 Å². The molecule has 0 spiro atoms. The van der Waals surface area contributed by atoms with Crippen molar-refractivity contribution in [2.45, 2.75) is 26.3 Å². The number of likely N-dealkylation sites (N-methyl/N-ethyl adjacent to an activating group) is 1. The second-order valence-electron chi connectivity index (χ2n) is 4.54. The molecule has 1 heterocycles. The summed E-state index contributed by atoms with van der Waals surface area (Å²) in [4.78, 5) is 8.37. The van der Waals surface area contributed by atoms with Gasteiger partial charge in [0.05, 0.1) is 11.7 Å². The van der Waals surface area contributed by atoms with Crippen molar-refractivity contribution in [2.24, 2.45) is 0 Å². The average molecular weight is 277 g/mol. The van der Waals surface area contributed by atoms with Crippen molar-refractivity contribution in [2.75, 3.05) is 6.54 Å². The number of nitrogens with one attached hydrogen (secondary N) is 1. The molecule has 0 radical (unpaired) electrons. The first kappa shape index (κ1) is 14.5.